The van der Waals surface area contributed by atoms with Crippen molar-refractivity contribution in [1.82, 2.24) is 14.5 Å². The van der Waals surface area contributed by atoms with Gasteiger partial charge in [-0.1, -0.05) is 12.1 Å². The third-order valence-electron chi connectivity index (χ3n) is 4.69. The lowest BCUT2D eigenvalue weighted by molar-refractivity contribution is 0.981. The number of allylic oxidation sites excluding steroid dienone is 1. The number of hydrogen-bond acceptors (Lipinski definition) is 4. The molecule has 3 aromatic heterocycles. The molecule has 1 N–H and O–H groups in total. The number of nitriles is 2. The van der Waals surface area contributed by atoms with Crippen LogP contribution in [0.2, 0.25) is 0 Å². The van der Waals surface area contributed by atoms with E-state index < -0.39 is 0 Å². The summed E-state index contributed by atoms with van der Waals surface area (Å²) >= 11 is 1.59. The summed E-state index contributed by atoms with van der Waals surface area (Å²) in [5, 5.41) is 20.1. The molecule has 0 aliphatic heterocycles. The molecule has 0 aliphatic rings. The molecule has 0 fully saturated rings. The Morgan fingerprint density at radius 3 is 2.68 bits per heavy atom. The number of aromatic amines is 1. The highest BCUT2D eigenvalue weighted by Crippen LogP contribution is 2.31. The first-order valence-corrected chi connectivity index (χ1v) is 9.60. The summed E-state index contributed by atoms with van der Waals surface area (Å²) in [4.78, 5) is 8.84. The van der Waals surface area contributed by atoms with Crippen LogP contribution in [0.3, 0.4) is 0 Å². The molecule has 136 valence electrons. The number of fused-ring (bicyclic) bond motifs is 1. The minimum absolute atomic E-state index is 0.472. The van der Waals surface area contributed by atoms with Gasteiger partial charge in [-0.25, -0.2) is 4.98 Å². The molecular formula is C22H17N5S. The van der Waals surface area contributed by atoms with E-state index in [9.17, 15) is 10.5 Å². The fourth-order valence-electron chi connectivity index (χ4n) is 3.38. The predicted octanol–water partition coefficient (Wildman–Crippen LogP) is 5.28. The highest BCUT2D eigenvalue weighted by molar-refractivity contribution is 7.14. The first-order valence-electron chi connectivity index (χ1n) is 8.78. The van der Waals surface area contributed by atoms with Crippen molar-refractivity contribution in [2.24, 2.45) is 0 Å². The Kier molecular flexibility index (Phi) is 4.35. The first-order chi connectivity index (χ1) is 13.5. The fourth-order valence-corrected chi connectivity index (χ4v) is 4.45. The van der Waals surface area contributed by atoms with Gasteiger partial charge in [0.25, 0.3) is 0 Å². The Balaban J connectivity index is 1.83. The van der Waals surface area contributed by atoms with Gasteiger partial charge in [0.15, 0.2) is 0 Å². The molecule has 0 amide bonds. The summed E-state index contributed by atoms with van der Waals surface area (Å²) in [7, 11) is 0. The van der Waals surface area contributed by atoms with Gasteiger partial charge in [-0.15, -0.1) is 11.3 Å². The molecule has 28 heavy (non-hydrogen) atoms. The molecule has 0 radical (unpaired) electrons. The zero-order chi connectivity index (χ0) is 19.8. The maximum absolute atomic E-state index is 9.71. The van der Waals surface area contributed by atoms with Crippen LogP contribution in [-0.4, -0.2) is 14.5 Å². The van der Waals surface area contributed by atoms with E-state index in [0.29, 0.717) is 17.0 Å². The molecule has 0 spiro atoms. The number of H-pyrrole nitrogens is 1. The second-order valence-electron chi connectivity index (χ2n) is 6.62. The van der Waals surface area contributed by atoms with Crippen LogP contribution in [-0.2, 0) is 0 Å². The lowest BCUT2D eigenvalue weighted by atomic mass is 10.1. The van der Waals surface area contributed by atoms with Crippen molar-refractivity contribution in [1.29, 1.82) is 10.5 Å². The summed E-state index contributed by atoms with van der Waals surface area (Å²) in [5.74, 6) is 0.554. The van der Waals surface area contributed by atoms with Gasteiger partial charge >= 0.3 is 0 Å². The molecule has 1 aromatic carbocycles. The molecular weight excluding hydrogens is 366 g/mol. The molecule has 0 unspecified atom stereocenters. The predicted molar refractivity (Wildman–Crippen MR) is 112 cm³/mol. The molecule has 0 saturated heterocycles. The van der Waals surface area contributed by atoms with Crippen LogP contribution in [0.1, 0.15) is 33.2 Å². The first kappa shape index (κ1) is 17.8. The van der Waals surface area contributed by atoms with Crippen LogP contribution >= 0.6 is 11.3 Å². The third-order valence-corrected chi connectivity index (χ3v) is 5.73. The monoisotopic (exact) mass is 383 g/mol. The van der Waals surface area contributed by atoms with E-state index in [4.69, 9.17) is 0 Å². The summed E-state index contributed by atoms with van der Waals surface area (Å²) < 4.78 is 2.08. The average Bonchev–Trinajstić information content (AvgIpc) is 3.34. The smallest absolute Gasteiger partial charge is 0.149 e. The van der Waals surface area contributed by atoms with Crippen LogP contribution in [0.15, 0.2) is 36.4 Å². The van der Waals surface area contributed by atoms with Crippen LogP contribution in [0.5, 0.6) is 0 Å². The van der Waals surface area contributed by atoms with Crippen molar-refractivity contribution in [3.05, 3.63) is 69.6 Å². The summed E-state index contributed by atoms with van der Waals surface area (Å²) in [6.45, 7) is 6.01. The standard InChI is InChI=1S/C22H17N5S/c1-13-8-16(15(3)27(13)22-18(12-24)9-14(2)28-22)10-17(11-23)21-25-19-6-4-5-7-20(19)26-21/h4-10H,1-3H3,(H,25,26)/b17-10+. The number of nitrogens with one attached hydrogen (secondary N) is 1. The number of aromatic nitrogens is 3. The number of thiophene rings is 1. The Hall–Kier alpha value is -3.61. The number of aryl methyl sites for hydroxylation is 2. The van der Waals surface area contributed by atoms with Crippen molar-refractivity contribution < 1.29 is 0 Å². The van der Waals surface area contributed by atoms with E-state index in [0.717, 1.165) is 37.9 Å². The second-order valence-corrected chi connectivity index (χ2v) is 7.86. The van der Waals surface area contributed by atoms with E-state index >= 15 is 0 Å². The van der Waals surface area contributed by atoms with Crippen LogP contribution in [0.25, 0.3) is 27.7 Å². The Morgan fingerprint density at radius 1 is 1.18 bits per heavy atom. The lowest BCUT2D eigenvalue weighted by Crippen LogP contribution is -1.98. The van der Waals surface area contributed by atoms with Gasteiger partial charge in [0, 0.05) is 16.3 Å². The van der Waals surface area contributed by atoms with E-state index in [1.165, 1.54) is 0 Å². The van der Waals surface area contributed by atoms with E-state index in [1.807, 2.05) is 63.2 Å². The Morgan fingerprint density at radius 2 is 1.96 bits per heavy atom. The van der Waals surface area contributed by atoms with Gasteiger partial charge in [0.05, 0.1) is 22.2 Å². The maximum Gasteiger partial charge on any atom is 0.149 e. The summed E-state index contributed by atoms with van der Waals surface area (Å²) in [6, 6.07) is 16.2. The summed E-state index contributed by atoms with van der Waals surface area (Å²) in [6.07, 6.45) is 1.85. The van der Waals surface area contributed by atoms with E-state index in [1.54, 1.807) is 11.3 Å². The molecule has 0 bridgehead atoms. The van der Waals surface area contributed by atoms with Gasteiger partial charge in [-0.05, 0) is 56.7 Å². The third kappa shape index (κ3) is 2.90. The SMILES string of the molecule is Cc1cc(C#N)c(-n2c(C)cc(/C=C(\C#N)c3nc4ccccc4[nH]3)c2C)s1. The molecule has 5 nitrogen and oxygen atoms in total. The Bertz CT molecular complexity index is 1280. The number of imidazole rings is 1. The van der Waals surface area contributed by atoms with Crippen LogP contribution < -0.4 is 0 Å². The second kappa shape index (κ2) is 6.84. The van der Waals surface area contributed by atoms with Gasteiger partial charge in [-0.3, -0.25) is 0 Å². The number of para-hydroxylation sites is 2. The van der Waals surface area contributed by atoms with E-state index in [2.05, 4.69) is 26.7 Å². The molecule has 3 heterocycles. The number of hydrogen-bond donors (Lipinski definition) is 1. The van der Waals surface area contributed by atoms with Gasteiger partial charge in [-0.2, -0.15) is 10.5 Å². The number of nitrogens with zero attached hydrogens (tertiary/aromatic N) is 4. The molecule has 4 aromatic rings. The maximum atomic E-state index is 9.71. The van der Waals surface area contributed by atoms with Gasteiger partial charge < -0.3 is 9.55 Å². The molecule has 4 rings (SSSR count). The minimum atomic E-state index is 0.472. The van der Waals surface area contributed by atoms with Crippen molar-refractivity contribution >= 4 is 34.0 Å². The quantitative estimate of drug-likeness (QED) is 0.489. The number of benzene rings is 1. The molecule has 6 heteroatoms. The van der Waals surface area contributed by atoms with Gasteiger partial charge in [0.1, 0.15) is 23.0 Å². The van der Waals surface area contributed by atoms with Crippen molar-refractivity contribution in [2.75, 3.05) is 0 Å². The van der Waals surface area contributed by atoms with Gasteiger partial charge in [0.2, 0.25) is 0 Å². The summed E-state index contributed by atoms with van der Waals surface area (Å²) in [5.41, 5.74) is 5.80. The zero-order valence-corrected chi connectivity index (χ0v) is 16.6. The Labute approximate surface area is 166 Å². The average molecular weight is 383 g/mol. The van der Waals surface area contributed by atoms with Crippen molar-refractivity contribution in [2.45, 2.75) is 20.8 Å². The molecule has 0 aliphatic carbocycles. The highest BCUT2D eigenvalue weighted by Gasteiger charge is 2.16. The molecule has 0 atom stereocenters. The fraction of sp³-hybridized carbons (Fsp3) is 0.136. The van der Waals surface area contributed by atoms with Crippen molar-refractivity contribution in [3.63, 3.8) is 0 Å². The van der Waals surface area contributed by atoms with Crippen LogP contribution in [0.4, 0.5) is 0 Å². The van der Waals surface area contributed by atoms with Crippen molar-refractivity contribution in [3.8, 4) is 17.1 Å². The van der Waals surface area contributed by atoms with E-state index in [-0.39, 0.29) is 0 Å². The zero-order valence-electron chi connectivity index (χ0n) is 15.7. The normalized spacial score (nSPS) is 11.5. The van der Waals surface area contributed by atoms with Crippen LogP contribution in [0, 0.1) is 43.4 Å². The molecule has 0 saturated carbocycles. The number of rotatable bonds is 3. The lowest BCUT2D eigenvalue weighted by Gasteiger charge is -2.07. The highest BCUT2D eigenvalue weighted by atomic mass is 32.1. The largest absolute Gasteiger partial charge is 0.337 e. The topological polar surface area (TPSA) is 81.2 Å². The minimum Gasteiger partial charge on any atom is -0.337 e.